The predicted molar refractivity (Wildman–Crippen MR) is 95.1 cm³/mol. The molecule has 134 valence electrons. The summed E-state index contributed by atoms with van der Waals surface area (Å²) in [6, 6.07) is 6.56. The molecule has 1 fully saturated rings. The molecule has 1 aliphatic rings. The summed E-state index contributed by atoms with van der Waals surface area (Å²) in [7, 11) is 0. The van der Waals surface area contributed by atoms with Crippen LogP contribution in [0.5, 0.6) is 0 Å². The molecular formula is C18H22FN3O2S. The molecule has 0 bridgehead atoms. The Hall–Kier alpha value is -2.02. The van der Waals surface area contributed by atoms with Gasteiger partial charge in [-0.2, -0.15) is 0 Å². The maximum atomic E-state index is 13.9. The van der Waals surface area contributed by atoms with Crippen LogP contribution < -0.4 is 0 Å². The quantitative estimate of drug-likeness (QED) is 0.790. The van der Waals surface area contributed by atoms with E-state index >= 15 is 0 Å². The standard InChI is InChI=1S/C18H22FN3O2S/c1-18(2,3)24-17(23)22-10-6-7-12(11-22)15-20-21-16(25-15)13-8-4-5-9-14(13)19/h4-5,8-9,12H,6-7,10-11H2,1-3H3. The highest BCUT2D eigenvalue weighted by atomic mass is 32.1. The Morgan fingerprint density at radius 2 is 2.08 bits per heavy atom. The van der Waals surface area contributed by atoms with Gasteiger partial charge in [0.05, 0.1) is 0 Å². The molecule has 5 nitrogen and oxygen atoms in total. The smallest absolute Gasteiger partial charge is 0.410 e. The molecule has 0 aliphatic carbocycles. The lowest BCUT2D eigenvalue weighted by atomic mass is 9.99. The fourth-order valence-corrected chi connectivity index (χ4v) is 3.81. The molecule has 0 radical (unpaired) electrons. The molecule has 1 amide bonds. The number of hydrogen-bond acceptors (Lipinski definition) is 5. The zero-order chi connectivity index (χ0) is 18.0. The Bertz CT molecular complexity index is 757. The number of aromatic nitrogens is 2. The maximum Gasteiger partial charge on any atom is 0.410 e. The second-order valence-electron chi connectivity index (χ2n) is 7.19. The first-order valence-corrected chi connectivity index (χ1v) is 9.21. The molecule has 0 spiro atoms. The minimum Gasteiger partial charge on any atom is -0.444 e. The molecule has 1 aliphatic heterocycles. The zero-order valence-corrected chi connectivity index (χ0v) is 15.5. The van der Waals surface area contributed by atoms with E-state index in [1.165, 1.54) is 17.4 Å². The van der Waals surface area contributed by atoms with E-state index < -0.39 is 5.60 Å². The van der Waals surface area contributed by atoms with Crippen molar-refractivity contribution in [1.82, 2.24) is 15.1 Å². The van der Waals surface area contributed by atoms with E-state index in [4.69, 9.17) is 4.74 Å². The Morgan fingerprint density at radius 1 is 1.32 bits per heavy atom. The summed E-state index contributed by atoms with van der Waals surface area (Å²) in [4.78, 5) is 14.0. The fraction of sp³-hybridized carbons (Fsp3) is 0.500. The summed E-state index contributed by atoms with van der Waals surface area (Å²) in [5.74, 6) is -0.191. The van der Waals surface area contributed by atoms with E-state index in [1.54, 1.807) is 23.1 Å². The van der Waals surface area contributed by atoms with Crippen LogP contribution in [0.1, 0.15) is 44.5 Å². The fourth-order valence-electron chi connectivity index (χ4n) is 2.81. The first kappa shape index (κ1) is 17.8. The van der Waals surface area contributed by atoms with Gasteiger partial charge in [-0.25, -0.2) is 9.18 Å². The molecule has 1 aromatic heterocycles. The van der Waals surface area contributed by atoms with E-state index in [-0.39, 0.29) is 17.8 Å². The average Bonchev–Trinajstić information content (AvgIpc) is 3.03. The number of carbonyl (C=O) groups is 1. The number of amides is 1. The van der Waals surface area contributed by atoms with Crippen molar-refractivity contribution in [2.24, 2.45) is 0 Å². The topological polar surface area (TPSA) is 55.3 Å². The normalized spacial score (nSPS) is 18.2. The summed E-state index contributed by atoms with van der Waals surface area (Å²) in [5, 5.41) is 9.81. The second kappa shape index (κ2) is 7.07. The third-order valence-corrected chi connectivity index (χ3v) is 5.09. The molecule has 1 atom stereocenters. The van der Waals surface area contributed by atoms with Gasteiger partial charge < -0.3 is 9.64 Å². The zero-order valence-electron chi connectivity index (χ0n) is 14.7. The van der Waals surface area contributed by atoms with Crippen molar-refractivity contribution < 1.29 is 13.9 Å². The van der Waals surface area contributed by atoms with E-state index in [2.05, 4.69) is 10.2 Å². The van der Waals surface area contributed by atoms with E-state index in [1.807, 2.05) is 20.8 Å². The first-order chi connectivity index (χ1) is 11.8. The first-order valence-electron chi connectivity index (χ1n) is 8.40. The van der Waals surface area contributed by atoms with Gasteiger partial charge in [-0.1, -0.05) is 23.5 Å². The number of hydrogen-bond donors (Lipinski definition) is 0. The summed E-state index contributed by atoms with van der Waals surface area (Å²) < 4.78 is 19.4. The van der Waals surface area contributed by atoms with Crippen molar-refractivity contribution in [3.05, 3.63) is 35.1 Å². The maximum absolute atomic E-state index is 13.9. The molecule has 2 aromatic rings. The molecule has 3 rings (SSSR count). The van der Waals surface area contributed by atoms with Gasteiger partial charge in [-0.05, 0) is 45.7 Å². The van der Waals surface area contributed by atoms with Gasteiger partial charge in [0.2, 0.25) is 0 Å². The third-order valence-electron chi connectivity index (χ3n) is 3.97. The summed E-state index contributed by atoms with van der Waals surface area (Å²) in [6.45, 7) is 6.82. The highest BCUT2D eigenvalue weighted by Gasteiger charge is 2.30. The highest BCUT2D eigenvalue weighted by molar-refractivity contribution is 7.14. The number of ether oxygens (including phenoxy) is 1. The van der Waals surface area contributed by atoms with Crippen LogP contribution in [0.25, 0.3) is 10.6 Å². The van der Waals surface area contributed by atoms with Gasteiger partial charge in [0, 0.05) is 24.6 Å². The molecule has 7 heteroatoms. The van der Waals surface area contributed by atoms with Gasteiger partial charge in [0.25, 0.3) is 0 Å². The molecule has 1 saturated heterocycles. The Labute approximate surface area is 150 Å². The number of rotatable bonds is 2. The molecule has 0 N–H and O–H groups in total. The van der Waals surface area contributed by atoms with Crippen molar-refractivity contribution >= 4 is 17.4 Å². The van der Waals surface area contributed by atoms with Gasteiger partial charge >= 0.3 is 6.09 Å². The lowest BCUT2D eigenvalue weighted by Crippen LogP contribution is -2.42. The van der Waals surface area contributed by atoms with Crippen molar-refractivity contribution in [1.29, 1.82) is 0 Å². The van der Waals surface area contributed by atoms with E-state index in [9.17, 15) is 9.18 Å². The summed E-state index contributed by atoms with van der Waals surface area (Å²) in [5.41, 5.74) is -0.0452. The monoisotopic (exact) mass is 363 g/mol. The van der Waals surface area contributed by atoms with Crippen LogP contribution in [0.2, 0.25) is 0 Å². The minimum atomic E-state index is -0.509. The molecular weight excluding hydrogens is 341 g/mol. The number of nitrogens with zero attached hydrogens (tertiary/aromatic N) is 3. The molecule has 2 heterocycles. The van der Waals surface area contributed by atoms with Crippen LogP contribution >= 0.6 is 11.3 Å². The number of halogens is 1. The molecule has 0 saturated carbocycles. The van der Waals surface area contributed by atoms with Crippen molar-refractivity contribution in [3.63, 3.8) is 0 Å². The molecule has 1 aromatic carbocycles. The third kappa shape index (κ3) is 4.34. The van der Waals surface area contributed by atoms with Gasteiger partial charge in [0.15, 0.2) is 5.01 Å². The van der Waals surface area contributed by atoms with Crippen LogP contribution in [-0.4, -0.2) is 39.9 Å². The number of likely N-dealkylation sites (tertiary alicyclic amines) is 1. The lowest BCUT2D eigenvalue weighted by Gasteiger charge is -2.33. The molecule has 1 unspecified atom stereocenters. The van der Waals surface area contributed by atoms with E-state index in [0.717, 1.165) is 17.8 Å². The summed E-state index contributed by atoms with van der Waals surface area (Å²) >= 11 is 1.39. The SMILES string of the molecule is CC(C)(C)OC(=O)N1CCCC(c2nnc(-c3ccccc3F)s2)C1. The van der Waals surface area contributed by atoms with Crippen LogP contribution in [-0.2, 0) is 4.74 Å². The van der Waals surface area contributed by atoms with Crippen LogP contribution in [0.4, 0.5) is 9.18 Å². The largest absolute Gasteiger partial charge is 0.444 e. The number of benzene rings is 1. The van der Waals surface area contributed by atoms with E-state index in [0.29, 0.717) is 23.7 Å². The molecule has 25 heavy (non-hydrogen) atoms. The Balaban J connectivity index is 1.72. The minimum absolute atomic E-state index is 0.110. The van der Waals surface area contributed by atoms with Crippen molar-refractivity contribution in [2.75, 3.05) is 13.1 Å². The average molecular weight is 363 g/mol. The van der Waals surface area contributed by atoms with Gasteiger partial charge in [0.1, 0.15) is 16.4 Å². The summed E-state index contributed by atoms with van der Waals surface area (Å²) in [6.07, 6.45) is 1.53. The predicted octanol–water partition coefficient (Wildman–Crippen LogP) is 4.46. The van der Waals surface area contributed by atoms with Crippen molar-refractivity contribution in [3.8, 4) is 10.6 Å². The Kier molecular flexibility index (Phi) is 5.03. The van der Waals surface area contributed by atoms with Crippen molar-refractivity contribution in [2.45, 2.75) is 45.1 Å². The Morgan fingerprint density at radius 3 is 2.80 bits per heavy atom. The van der Waals surface area contributed by atoms with Crippen LogP contribution in [0.15, 0.2) is 24.3 Å². The second-order valence-corrected chi connectivity index (χ2v) is 8.20. The van der Waals surface area contributed by atoms with Crippen LogP contribution in [0, 0.1) is 5.82 Å². The lowest BCUT2D eigenvalue weighted by molar-refractivity contribution is 0.0198. The number of piperidine rings is 1. The highest BCUT2D eigenvalue weighted by Crippen LogP contribution is 2.33. The number of carbonyl (C=O) groups excluding carboxylic acids is 1. The van der Waals surface area contributed by atoms with Gasteiger partial charge in [-0.3, -0.25) is 0 Å². The van der Waals surface area contributed by atoms with Gasteiger partial charge in [-0.15, -0.1) is 10.2 Å². The van der Waals surface area contributed by atoms with Crippen LogP contribution in [0.3, 0.4) is 0 Å².